The molecule has 0 aliphatic rings. The summed E-state index contributed by atoms with van der Waals surface area (Å²) in [6.45, 7) is 0.0686. The molecule has 0 spiro atoms. The average Bonchev–Trinajstić information content (AvgIpc) is 2.28. The monoisotopic (exact) mass is 314 g/mol. The van der Waals surface area contributed by atoms with Crippen molar-refractivity contribution in [1.82, 2.24) is 5.32 Å². The van der Waals surface area contributed by atoms with Gasteiger partial charge in [0.2, 0.25) is 5.91 Å². The van der Waals surface area contributed by atoms with Crippen LogP contribution in [0, 0.1) is 6.92 Å². The molecule has 0 bridgehead atoms. The number of hydrogen-bond donors (Lipinski definition) is 2. The molecule has 0 saturated carbocycles. The largest absolute Gasteiger partial charge is 0.405 e. The summed E-state index contributed by atoms with van der Waals surface area (Å²) in [4.78, 5) is 11.2. The van der Waals surface area contributed by atoms with E-state index in [0.717, 1.165) is 5.56 Å². The quantitative estimate of drug-likeness (QED) is 0.894. The average molecular weight is 315 g/mol. The summed E-state index contributed by atoms with van der Waals surface area (Å²) in [7, 11) is 0. The number of anilines is 1. The number of carbonyl (C=O) groups is 1. The van der Waals surface area contributed by atoms with Gasteiger partial charge in [0.1, 0.15) is 6.54 Å². The van der Waals surface area contributed by atoms with Gasteiger partial charge in [0.15, 0.2) is 0 Å². The minimum atomic E-state index is -4.43. The second-order valence-electron chi connectivity index (χ2n) is 3.83. The van der Waals surface area contributed by atoms with E-state index in [9.17, 15) is 18.0 Å². The predicted octanol–water partition coefficient (Wildman–Crippen LogP) is 3.39. The fraction of sp³-hybridized carbons (Fsp3) is 0.364. The van der Waals surface area contributed by atoms with Crippen LogP contribution in [0.2, 0.25) is 10.0 Å². The van der Waals surface area contributed by atoms with Gasteiger partial charge in [-0.05, 0) is 24.6 Å². The number of carbonyl (C=O) groups excluding carboxylic acids is 1. The molecule has 0 saturated heterocycles. The predicted molar refractivity (Wildman–Crippen MR) is 68.8 cm³/mol. The number of alkyl halides is 3. The number of nitrogens with one attached hydrogen (secondary N) is 2. The molecule has 0 heterocycles. The first-order valence-corrected chi connectivity index (χ1v) is 5.97. The maximum atomic E-state index is 11.9. The Balaban J connectivity index is 2.53. The number of hydrogen-bond acceptors (Lipinski definition) is 2. The number of halogens is 5. The fourth-order valence-electron chi connectivity index (χ4n) is 1.22. The highest BCUT2D eigenvalue weighted by Gasteiger charge is 2.27. The molecule has 0 aliphatic heterocycles. The van der Waals surface area contributed by atoms with Crippen molar-refractivity contribution in [3.63, 3.8) is 0 Å². The fourth-order valence-corrected chi connectivity index (χ4v) is 1.67. The van der Waals surface area contributed by atoms with Crippen molar-refractivity contribution < 1.29 is 18.0 Å². The molecule has 19 heavy (non-hydrogen) atoms. The Morgan fingerprint density at radius 1 is 1.26 bits per heavy atom. The number of aryl methyl sites for hydroxylation is 1. The topological polar surface area (TPSA) is 41.1 Å². The minimum absolute atomic E-state index is 0.324. The van der Waals surface area contributed by atoms with Crippen LogP contribution in [0.3, 0.4) is 0 Å². The Bertz CT molecular complexity index is 478. The molecule has 1 amide bonds. The highest BCUT2D eigenvalue weighted by atomic mass is 35.5. The summed E-state index contributed by atoms with van der Waals surface area (Å²) in [6.07, 6.45) is -4.43. The molecule has 0 aromatic heterocycles. The second-order valence-corrected chi connectivity index (χ2v) is 4.64. The third kappa shape index (κ3) is 5.57. The maximum absolute atomic E-state index is 11.9. The molecule has 0 unspecified atom stereocenters. The third-order valence-electron chi connectivity index (χ3n) is 2.17. The van der Waals surface area contributed by atoms with Crippen molar-refractivity contribution in [1.29, 1.82) is 0 Å². The van der Waals surface area contributed by atoms with Gasteiger partial charge in [-0.1, -0.05) is 23.2 Å². The van der Waals surface area contributed by atoms with Gasteiger partial charge in [0.05, 0.1) is 17.3 Å². The normalized spacial score (nSPS) is 11.3. The molecule has 0 fully saturated rings. The lowest BCUT2D eigenvalue weighted by molar-refractivity contribution is -0.137. The molecule has 1 aromatic carbocycles. The zero-order chi connectivity index (χ0) is 14.6. The van der Waals surface area contributed by atoms with Gasteiger partial charge in [-0.2, -0.15) is 13.2 Å². The van der Waals surface area contributed by atoms with Crippen molar-refractivity contribution in [2.24, 2.45) is 0 Å². The molecule has 2 N–H and O–H groups in total. The van der Waals surface area contributed by atoms with Crippen LogP contribution in [0.15, 0.2) is 12.1 Å². The van der Waals surface area contributed by atoms with E-state index in [1.807, 2.05) is 0 Å². The Kier molecular flexibility index (Phi) is 5.31. The molecular weight excluding hydrogens is 304 g/mol. The molecule has 0 aliphatic carbocycles. The van der Waals surface area contributed by atoms with Gasteiger partial charge >= 0.3 is 6.18 Å². The van der Waals surface area contributed by atoms with Crippen LogP contribution in [0.1, 0.15) is 5.56 Å². The van der Waals surface area contributed by atoms with E-state index in [1.54, 1.807) is 18.3 Å². The van der Waals surface area contributed by atoms with Crippen molar-refractivity contribution in [3.8, 4) is 0 Å². The number of rotatable bonds is 4. The Morgan fingerprint density at radius 3 is 2.47 bits per heavy atom. The molecule has 1 rings (SSSR count). The van der Waals surface area contributed by atoms with E-state index in [2.05, 4.69) is 5.32 Å². The van der Waals surface area contributed by atoms with Crippen molar-refractivity contribution >= 4 is 34.8 Å². The Hall–Kier alpha value is -1.14. The second kappa shape index (κ2) is 6.34. The van der Waals surface area contributed by atoms with Crippen LogP contribution in [0.5, 0.6) is 0 Å². The zero-order valence-electron chi connectivity index (χ0n) is 9.87. The van der Waals surface area contributed by atoms with Gasteiger partial charge in [0, 0.05) is 5.02 Å². The molecule has 106 valence electrons. The van der Waals surface area contributed by atoms with Crippen molar-refractivity contribution in [2.75, 3.05) is 18.4 Å². The van der Waals surface area contributed by atoms with Gasteiger partial charge in [-0.15, -0.1) is 0 Å². The highest BCUT2D eigenvalue weighted by Crippen LogP contribution is 2.28. The third-order valence-corrected chi connectivity index (χ3v) is 2.89. The van der Waals surface area contributed by atoms with Crippen molar-refractivity contribution in [3.05, 3.63) is 27.7 Å². The Labute approximate surface area is 118 Å². The summed E-state index contributed by atoms with van der Waals surface area (Å²) >= 11 is 11.8. The van der Waals surface area contributed by atoms with Gasteiger partial charge in [0.25, 0.3) is 0 Å². The van der Waals surface area contributed by atoms with E-state index in [0.29, 0.717) is 15.7 Å². The minimum Gasteiger partial charge on any atom is -0.375 e. The number of benzene rings is 1. The summed E-state index contributed by atoms with van der Waals surface area (Å²) in [6, 6.07) is 3.11. The molecule has 0 atom stereocenters. The molecule has 0 radical (unpaired) electrons. The summed E-state index contributed by atoms with van der Waals surface area (Å²) in [5, 5.41) is 5.14. The van der Waals surface area contributed by atoms with Crippen LogP contribution in [-0.4, -0.2) is 25.2 Å². The Morgan fingerprint density at radius 2 is 1.89 bits per heavy atom. The van der Waals surface area contributed by atoms with Crippen molar-refractivity contribution in [2.45, 2.75) is 13.1 Å². The van der Waals surface area contributed by atoms with Crippen LogP contribution in [0.4, 0.5) is 18.9 Å². The van der Waals surface area contributed by atoms with E-state index < -0.39 is 18.6 Å². The van der Waals surface area contributed by atoms with E-state index in [4.69, 9.17) is 23.2 Å². The zero-order valence-corrected chi connectivity index (χ0v) is 11.4. The van der Waals surface area contributed by atoms with E-state index in [-0.39, 0.29) is 6.54 Å². The van der Waals surface area contributed by atoms with Crippen LogP contribution in [-0.2, 0) is 4.79 Å². The standard InChI is InChI=1S/C11H11Cl2F3N2O/c1-6-2-8(13)9(3-7(6)12)17-4-10(19)18-5-11(14,15)16/h2-3,17H,4-5H2,1H3,(H,18,19). The summed E-state index contributed by atoms with van der Waals surface area (Å²) in [5.41, 5.74) is 1.15. The first-order valence-electron chi connectivity index (χ1n) is 5.22. The van der Waals surface area contributed by atoms with Gasteiger partial charge in [-0.3, -0.25) is 4.79 Å². The van der Waals surface area contributed by atoms with Crippen LogP contribution >= 0.6 is 23.2 Å². The summed E-state index contributed by atoms with van der Waals surface area (Å²) in [5.74, 6) is -0.787. The molecule has 8 heteroatoms. The first kappa shape index (κ1) is 15.9. The maximum Gasteiger partial charge on any atom is 0.405 e. The lowest BCUT2D eigenvalue weighted by Gasteiger charge is -2.11. The molecular formula is C11H11Cl2F3N2O. The lowest BCUT2D eigenvalue weighted by Crippen LogP contribution is -2.37. The lowest BCUT2D eigenvalue weighted by atomic mass is 10.2. The van der Waals surface area contributed by atoms with Crippen LogP contribution < -0.4 is 10.6 Å². The smallest absolute Gasteiger partial charge is 0.375 e. The summed E-state index contributed by atoms with van der Waals surface area (Å²) < 4.78 is 35.6. The molecule has 1 aromatic rings. The molecule has 3 nitrogen and oxygen atoms in total. The van der Waals surface area contributed by atoms with Gasteiger partial charge in [-0.25, -0.2) is 0 Å². The van der Waals surface area contributed by atoms with Crippen LogP contribution in [0.25, 0.3) is 0 Å². The number of amides is 1. The van der Waals surface area contributed by atoms with Gasteiger partial charge < -0.3 is 10.6 Å². The SMILES string of the molecule is Cc1cc(Cl)c(NCC(=O)NCC(F)(F)F)cc1Cl. The first-order chi connectivity index (χ1) is 8.69. The van der Waals surface area contributed by atoms with E-state index in [1.165, 1.54) is 6.07 Å². The van der Waals surface area contributed by atoms with E-state index >= 15 is 0 Å². The highest BCUT2D eigenvalue weighted by molar-refractivity contribution is 6.35.